The van der Waals surface area contributed by atoms with E-state index < -0.39 is 32.6 Å². The summed E-state index contributed by atoms with van der Waals surface area (Å²) in [6.07, 6.45) is -2.30. The number of halogens is 4. The van der Waals surface area contributed by atoms with Crippen LogP contribution >= 0.6 is 10.7 Å². The molecule has 10 heteroatoms. The van der Waals surface area contributed by atoms with Gasteiger partial charge in [0.1, 0.15) is 17.1 Å². The lowest BCUT2D eigenvalue weighted by Gasteiger charge is -2.17. The number of nitrogens with zero attached hydrogens (tertiary/aromatic N) is 2. The second kappa shape index (κ2) is 5.53. The van der Waals surface area contributed by atoms with Crippen LogP contribution in [0.3, 0.4) is 0 Å². The summed E-state index contributed by atoms with van der Waals surface area (Å²) in [6.45, 7) is -0.563. The third-order valence-electron chi connectivity index (χ3n) is 3.12. The summed E-state index contributed by atoms with van der Waals surface area (Å²) in [5.74, 6) is -0.622. The van der Waals surface area contributed by atoms with Crippen LogP contribution in [0.2, 0.25) is 0 Å². The quantitative estimate of drug-likeness (QED) is 0.790. The van der Waals surface area contributed by atoms with Gasteiger partial charge < -0.3 is 9.47 Å². The van der Waals surface area contributed by atoms with Crippen molar-refractivity contribution >= 4 is 25.6 Å². The SMILES string of the molecule is O=C(c1cc(S(=O)(=O)Cl)cn1CC(F)(F)F)N1CCCC1. The molecule has 0 aliphatic carbocycles. The highest BCUT2D eigenvalue weighted by atomic mass is 35.7. The minimum absolute atomic E-state index is 0.326. The van der Waals surface area contributed by atoms with Gasteiger partial charge in [-0.15, -0.1) is 0 Å². The minimum Gasteiger partial charge on any atom is -0.337 e. The van der Waals surface area contributed by atoms with Crippen LogP contribution in [-0.2, 0) is 15.6 Å². The van der Waals surface area contributed by atoms with Crippen molar-refractivity contribution in [3.8, 4) is 0 Å². The highest BCUT2D eigenvalue weighted by Crippen LogP contribution is 2.25. The number of likely N-dealkylation sites (tertiary alicyclic amines) is 1. The molecule has 1 saturated heterocycles. The molecule has 1 amide bonds. The van der Waals surface area contributed by atoms with Gasteiger partial charge in [-0.2, -0.15) is 13.2 Å². The molecule has 0 aromatic carbocycles. The van der Waals surface area contributed by atoms with Crippen LogP contribution in [-0.4, -0.2) is 43.1 Å². The van der Waals surface area contributed by atoms with Crippen molar-refractivity contribution in [3.63, 3.8) is 0 Å². The van der Waals surface area contributed by atoms with Gasteiger partial charge in [-0.05, 0) is 18.9 Å². The highest BCUT2D eigenvalue weighted by Gasteiger charge is 2.32. The van der Waals surface area contributed by atoms with E-state index in [9.17, 15) is 26.4 Å². The Labute approximate surface area is 123 Å². The predicted octanol–water partition coefficient (Wildman–Crippen LogP) is 2.21. The van der Waals surface area contributed by atoms with E-state index in [-0.39, 0.29) is 5.69 Å². The van der Waals surface area contributed by atoms with E-state index in [1.807, 2.05) is 0 Å². The van der Waals surface area contributed by atoms with Crippen LogP contribution in [0.1, 0.15) is 23.3 Å². The van der Waals surface area contributed by atoms with Crippen LogP contribution in [0.25, 0.3) is 0 Å². The smallest absolute Gasteiger partial charge is 0.337 e. The summed E-state index contributed by atoms with van der Waals surface area (Å²) in [5.41, 5.74) is -0.326. The van der Waals surface area contributed by atoms with Gasteiger partial charge in [-0.1, -0.05) is 0 Å². The first kappa shape index (κ1) is 16.2. The zero-order chi connectivity index (χ0) is 15.8. The Morgan fingerprint density at radius 3 is 2.33 bits per heavy atom. The Kier molecular flexibility index (Phi) is 4.25. The van der Waals surface area contributed by atoms with Gasteiger partial charge in [0.05, 0.1) is 0 Å². The molecule has 0 radical (unpaired) electrons. The van der Waals surface area contributed by atoms with E-state index in [2.05, 4.69) is 0 Å². The lowest BCUT2D eigenvalue weighted by Crippen LogP contribution is -2.31. The zero-order valence-corrected chi connectivity index (χ0v) is 12.3. The number of aromatic nitrogens is 1. The summed E-state index contributed by atoms with van der Waals surface area (Å²) in [5, 5.41) is 0. The van der Waals surface area contributed by atoms with E-state index in [0.717, 1.165) is 25.1 Å². The summed E-state index contributed by atoms with van der Waals surface area (Å²) in [7, 11) is 0.928. The number of carbonyl (C=O) groups excluding carboxylic acids is 1. The molecular weight excluding hydrogens is 333 g/mol. The van der Waals surface area contributed by atoms with Crippen molar-refractivity contribution in [2.75, 3.05) is 13.1 Å². The second-order valence-electron chi connectivity index (χ2n) is 4.74. The van der Waals surface area contributed by atoms with E-state index in [4.69, 9.17) is 10.7 Å². The third kappa shape index (κ3) is 3.91. The molecule has 0 unspecified atom stereocenters. The molecule has 5 nitrogen and oxygen atoms in total. The molecule has 1 aliphatic heterocycles. The van der Waals surface area contributed by atoms with Gasteiger partial charge in [0.15, 0.2) is 0 Å². The Morgan fingerprint density at radius 1 is 1.29 bits per heavy atom. The fraction of sp³-hybridized carbons (Fsp3) is 0.545. The molecule has 1 aliphatic rings. The number of hydrogen-bond donors (Lipinski definition) is 0. The molecular formula is C11H12ClF3N2O3S. The van der Waals surface area contributed by atoms with Crippen molar-refractivity contribution in [1.82, 2.24) is 9.47 Å². The van der Waals surface area contributed by atoms with E-state index >= 15 is 0 Å². The summed E-state index contributed by atoms with van der Waals surface area (Å²) >= 11 is 0. The van der Waals surface area contributed by atoms with Crippen LogP contribution in [0.5, 0.6) is 0 Å². The van der Waals surface area contributed by atoms with Crippen molar-refractivity contribution in [2.24, 2.45) is 0 Å². The van der Waals surface area contributed by atoms with Gasteiger partial charge in [0.25, 0.3) is 15.0 Å². The first-order valence-electron chi connectivity index (χ1n) is 6.09. The number of rotatable bonds is 3. The molecule has 2 heterocycles. The minimum atomic E-state index is -4.58. The maximum atomic E-state index is 12.5. The second-order valence-corrected chi connectivity index (χ2v) is 7.31. The average Bonchev–Trinajstić information content (AvgIpc) is 2.92. The monoisotopic (exact) mass is 344 g/mol. The zero-order valence-electron chi connectivity index (χ0n) is 10.7. The third-order valence-corrected chi connectivity index (χ3v) is 4.44. The fourth-order valence-electron chi connectivity index (χ4n) is 2.20. The molecule has 1 aromatic heterocycles. The lowest BCUT2D eigenvalue weighted by molar-refractivity contribution is -0.140. The van der Waals surface area contributed by atoms with Crippen LogP contribution in [0, 0.1) is 0 Å². The Hall–Kier alpha value is -1.22. The molecule has 2 rings (SSSR count). The highest BCUT2D eigenvalue weighted by molar-refractivity contribution is 8.13. The molecule has 118 valence electrons. The standard InChI is InChI=1S/C11H12ClF3N2O3S/c12-21(19,20)8-5-9(10(18)16-3-1-2-4-16)17(6-8)7-11(13,14)15/h5-6H,1-4,7H2. The van der Waals surface area contributed by atoms with Gasteiger partial charge >= 0.3 is 6.18 Å². The van der Waals surface area contributed by atoms with Crippen LogP contribution in [0.15, 0.2) is 17.2 Å². The maximum absolute atomic E-state index is 12.5. The predicted molar refractivity (Wildman–Crippen MR) is 68.7 cm³/mol. The first-order valence-corrected chi connectivity index (χ1v) is 8.40. The van der Waals surface area contributed by atoms with Crippen LogP contribution in [0.4, 0.5) is 13.2 Å². The van der Waals surface area contributed by atoms with Crippen molar-refractivity contribution in [1.29, 1.82) is 0 Å². The number of hydrogen-bond acceptors (Lipinski definition) is 3. The Balaban J connectivity index is 2.41. The van der Waals surface area contributed by atoms with Gasteiger partial charge in [0.2, 0.25) is 0 Å². The number of carbonyl (C=O) groups is 1. The summed E-state index contributed by atoms with van der Waals surface area (Å²) < 4.78 is 60.7. The van der Waals surface area contributed by atoms with Crippen LogP contribution < -0.4 is 0 Å². The maximum Gasteiger partial charge on any atom is 0.406 e. The van der Waals surface area contributed by atoms with E-state index in [1.54, 1.807) is 0 Å². The van der Waals surface area contributed by atoms with Crippen molar-refractivity contribution in [2.45, 2.75) is 30.5 Å². The van der Waals surface area contributed by atoms with Gasteiger partial charge in [-0.3, -0.25) is 4.79 Å². The number of amides is 1. The summed E-state index contributed by atoms with van der Waals surface area (Å²) in [4.78, 5) is 13.1. The lowest BCUT2D eigenvalue weighted by atomic mass is 10.3. The Morgan fingerprint density at radius 2 is 1.86 bits per heavy atom. The molecule has 0 saturated carbocycles. The topological polar surface area (TPSA) is 59.4 Å². The van der Waals surface area contributed by atoms with Crippen molar-refractivity contribution in [3.05, 3.63) is 18.0 Å². The normalized spacial score (nSPS) is 16.5. The van der Waals surface area contributed by atoms with Gasteiger partial charge in [0, 0.05) is 30.0 Å². The Bertz CT molecular complexity index is 648. The molecule has 1 fully saturated rings. The summed E-state index contributed by atoms with van der Waals surface area (Å²) in [6, 6.07) is 0.884. The number of alkyl halides is 3. The molecule has 0 bridgehead atoms. The molecule has 1 aromatic rings. The molecule has 0 spiro atoms. The average molecular weight is 345 g/mol. The van der Waals surface area contributed by atoms with E-state index in [1.165, 1.54) is 4.90 Å². The largest absolute Gasteiger partial charge is 0.406 e. The first-order chi connectivity index (χ1) is 9.58. The fourth-order valence-corrected chi connectivity index (χ4v) is 2.96. The van der Waals surface area contributed by atoms with Gasteiger partial charge in [-0.25, -0.2) is 8.42 Å². The molecule has 0 N–H and O–H groups in total. The molecule has 0 atom stereocenters. The van der Waals surface area contributed by atoms with E-state index in [0.29, 0.717) is 17.7 Å². The molecule has 21 heavy (non-hydrogen) atoms. The van der Waals surface area contributed by atoms with Crippen molar-refractivity contribution < 1.29 is 26.4 Å².